The van der Waals surface area contributed by atoms with Gasteiger partial charge in [-0.3, -0.25) is 4.79 Å². The minimum absolute atomic E-state index is 0.0207. The predicted molar refractivity (Wildman–Crippen MR) is 97.9 cm³/mol. The molecule has 0 aliphatic carbocycles. The van der Waals surface area contributed by atoms with Gasteiger partial charge < -0.3 is 10.1 Å². The van der Waals surface area contributed by atoms with Gasteiger partial charge in [0.1, 0.15) is 5.01 Å². The summed E-state index contributed by atoms with van der Waals surface area (Å²) in [7, 11) is 0. The van der Waals surface area contributed by atoms with Crippen LogP contribution in [0.25, 0.3) is 10.6 Å². The number of carbonyl (C=O) groups is 2. The molecular weight excluding hydrogens is 393 g/mol. The fourth-order valence-corrected chi connectivity index (χ4v) is 3.11. The molecule has 144 valence electrons. The highest BCUT2D eigenvalue weighted by Crippen LogP contribution is 2.34. The first-order valence-corrected chi connectivity index (χ1v) is 8.86. The summed E-state index contributed by atoms with van der Waals surface area (Å²) in [6, 6.07) is 13.7. The number of benzene rings is 2. The number of halogens is 3. The molecule has 5 nitrogen and oxygen atoms in total. The molecule has 0 spiro atoms. The average molecular weight is 406 g/mol. The van der Waals surface area contributed by atoms with Gasteiger partial charge >= 0.3 is 12.1 Å². The summed E-state index contributed by atoms with van der Waals surface area (Å²) < 4.78 is 43.6. The third-order valence-corrected chi connectivity index (χ3v) is 4.47. The van der Waals surface area contributed by atoms with Gasteiger partial charge in [-0.15, -0.1) is 11.3 Å². The lowest BCUT2D eigenvalue weighted by atomic mass is 10.1. The highest BCUT2D eigenvalue weighted by Gasteiger charge is 2.33. The summed E-state index contributed by atoms with van der Waals surface area (Å²) >= 11 is 1.24. The molecule has 0 bridgehead atoms. The maximum absolute atomic E-state index is 12.9. The number of hydrogen-bond acceptors (Lipinski definition) is 5. The topological polar surface area (TPSA) is 68.3 Å². The van der Waals surface area contributed by atoms with E-state index in [9.17, 15) is 22.8 Å². The number of alkyl halides is 3. The second-order valence-corrected chi connectivity index (χ2v) is 6.43. The number of rotatable bonds is 5. The van der Waals surface area contributed by atoms with Gasteiger partial charge in [0.15, 0.2) is 12.3 Å². The Balaban J connectivity index is 1.60. The molecule has 0 saturated carbocycles. The molecule has 0 atom stereocenters. The number of aromatic nitrogens is 1. The molecule has 1 aromatic heterocycles. The zero-order valence-corrected chi connectivity index (χ0v) is 15.0. The molecule has 0 fully saturated rings. The van der Waals surface area contributed by atoms with Crippen LogP contribution in [0, 0.1) is 0 Å². The molecule has 3 rings (SSSR count). The number of nitrogens with zero attached hydrogens (tertiary/aromatic N) is 1. The molecule has 0 saturated heterocycles. The zero-order valence-electron chi connectivity index (χ0n) is 14.2. The van der Waals surface area contributed by atoms with Gasteiger partial charge in [-0.1, -0.05) is 42.5 Å². The summed E-state index contributed by atoms with van der Waals surface area (Å²) in [5.74, 6) is -1.72. The number of para-hydroxylation sites is 1. The Hall–Kier alpha value is -3.20. The number of esters is 1. The molecule has 1 amide bonds. The minimum atomic E-state index is -4.62. The molecule has 28 heavy (non-hydrogen) atoms. The van der Waals surface area contributed by atoms with Crippen LogP contribution in [0.15, 0.2) is 60.0 Å². The van der Waals surface area contributed by atoms with Gasteiger partial charge in [0, 0.05) is 10.9 Å². The van der Waals surface area contributed by atoms with E-state index in [1.54, 1.807) is 0 Å². The van der Waals surface area contributed by atoms with E-state index in [0.29, 0.717) is 5.01 Å². The van der Waals surface area contributed by atoms with Crippen LogP contribution in [0.4, 0.5) is 18.9 Å². The van der Waals surface area contributed by atoms with Gasteiger partial charge in [-0.25, -0.2) is 9.78 Å². The highest BCUT2D eigenvalue weighted by atomic mass is 32.1. The lowest BCUT2D eigenvalue weighted by Gasteiger charge is -2.13. The fraction of sp³-hybridized carbons (Fsp3) is 0.105. The number of anilines is 1. The third kappa shape index (κ3) is 4.74. The van der Waals surface area contributed by atoms with Crippen LogP contribution in [0.5, 0.6) is 0 Å². The van der Waals surface area contributed by atoms with Crippen molar-refractivity contribution in [3.8, 4) is 10.6 Å². The molecule has 9 heteroatoms. The molecule has 0 aliphatic heterocycles. The van der Waals surface area contributed by atoms with Gasteiger partial charge in [0.25, 0.3) is 5.91 Å². The Morgan fingerprint density at radius 3 is 2.43 bits per heavy atom. The van der Waals surface area contributed by atoms with Crippen molar-refractivity contribution >= 4 is 28.9 Å². The monoisotopic (exact) mass is 406 g/mol. The van der Waals surface area contributed by atoms with Crippen molar-refractivity contribution in [2.45, 2.75) is 6.18 Å². The van der Waals surface area contributed by atoms with E-state index in [-0.39, 0.29) is 5.69 Å². The number of carbonyl (C=O) groups excluding carboxylic acids is 2. The molecule has 0 aliphatic rings. The second-order valence-electron chi connectivity index (χ2n) is 5.57. The zero-order chi connectivity index (χ0) is 20.1. The lowest BCUT2D eigenvalue weighted by molar-refractivity contribution is -0.137. The van der Waals surface area contributed by atoms with Crippen LogP contribution in [0.3, 0.4) is 0 Å². The Labute approximate surface area is 161 Å². The van der Waals surface area contributed by atoms with E-state index >= 15 is 0 Å². The number of ether oxygens (including phenoxy) is 1. The summed E-state index contributed by atoms with van der Waals surface area (Å²) in [4.78, 5) is 28.1. The number of thiazole rings is 1. The molecule has 1 N–H and O–H groups in total. The van der Waals surface area contributed by atoms with Gasteiger partial charge in [0.05, 0.1) is 11.3 Å². The SMILES string of the molecule is O=C(COC(=O)c1csc(-c2ccccc2)n1)Nc1ccccc1C(F)(F)F. The normalized spacial score (nSPS) is 11.1. The molecule has 3 aromatic rings. The summed E-state index contributed by atoms with van der Waals surface area (Å²) in [5, 5.41) is 4.20. The van der Waals surface area contributed by atoms with Crippen LogP contribution in [0.2, 0.25) is 0 Å². The molecular formula is C19H13F3N2O3S. The van der Waals surface area contributed by atoms with Crippen LogP contribution >= 0.6 is 11.3 Å². The first-order chi connectivity index (χ1) is 13.3. The first-order valence-electron chi connectivity index (χ1n) is 7.99. The molecule has 1 heterocycles. The summed E-state index contributed by atoms with van der Waals surface area (Å²) in [6.07, 6.45) is -4.62. The van der Waals surface area contributed by atoms with E-state index in [2.05, 4.69) is 10.3 Å². The van der Waals surface area contributed by atoms with Gasteiger partial charge in [0.2, 0.25) is 0 Å². The van der Waals surface area contributed by atoms with E-state index in [1.807, 2.05) is 30.3 Å². The maximum atomic E-state index is 12.9. The molecule has 0 unspecified atom stereocenters. The van der Waals surface area contributed by atoms with Crippen molar-refractivity contribution in [2.24, 2.45) is 0 Å². The van der Waals surface area contributed by atoms with Crippen LogP contribution in [-0.4, -0.2) is 23.5 Å². The summed E-state index contributed by atoms with van der Waals surface area (Å²) in [6.45, 7) is -0.733. The van der Waals surface area contributed by atoms with Gasteiger partial charge in [-0.05, 0) is 12.1 Å². The quantitative estimate of drug-likeness (QED) is 0.628. The van der Waals surface area contributed by atoms with Crippen molar-refractivity contribution in [1.29, 1.82) is 0 Å². The van der Waals surface area contributed by atoms with E-state index in [1.165, 1.54) is 28.8 Å². The van der Waals surface area contributed by atoms with Crippen molar-refractivity contribution in [1.82, 2.24) is 4.98 Å². The molecule has 0 radical (unpaired) electrons. The number of nitrogens with one attached hydrogen (secondary N) is 1. The smallest absolute Gasteiger partial charge is 0.418 e. The van der Waals surface area contributed by atoms with Crippen molar-refractivity contribution < 1.29 is 27.5 Å². The van der Waals surface area contributed by atoms with Crippen molar-refractivity contribution in [2.75, 3.05) is 11.9 Å². The maximum Gasteiger partial charge on any atom is 0.418 e. The number of amides is 1. The second kappa shape index (κ2) is 8.22. The fourth-order valence-electron chi connectivity index (χ4n) is 2.31. The van der Waals surface area contributed by atoms with Crippen molar-refractivity contribution in [3.63, 3.8) is 0 Å². The lowest BCUT2D eigenvalue weighted by Crippen LogP contribution is -2.22. The van der Waals surface area contributed by atoms with Crippen LogP contribution < -0.4 is 5.32 Å². The number of hydrogen-bond donors (Lipinski definition) is 1. The molecule has 2 aromatic carbocycles. The van der Waals surface area contributed by atoms with E-state index in [4.69, 9.17) is 4.74 Å². The first kappa shape index (κ1) is 19.6. The Bertz CT molecular complexity index is 987. The third-order valence-electron chi connectivity index (χ3n) is 3.57. The Morgan fingerprint density at radius 2 is 1.71 bits per heavy atom. The minimum Gasteiger partial charge on any atom is -0.451 e. The predicted octanol–water partition coefficient (Wildman–Crippen LogP) is 4.62. The van der Waals surface area contributed by atoms with E-state index in [0.717, 1.165) is 17.7 Å². The summed E-state index contributed by atoms with van der Waals surface area (Å²) in [5.41, 5.74) is -0.543. The average Bonchev–Trinajstić information content (AvgIpc) is 3.17. The highest BCUT2D eigenvalue weighted by molar-refractivity contribution is 7.13. The van der Waals surface area contributed by atoms with Crippen LogP contribution in [-0.2, 0) is 15.7 Å². The van der Waals surface area contributed by atoms with Gasteiger partial charge in [-0.2, -0.15) is 13.2 Å². The standard InChI is InChI=1S/C19H13F3N2O3S/c20-19(21,22)13-8-4-5-9-14(13)23-16(25)10-27-18(26)15-11-28-17(24-15)12-6-2-1-3-7-12/h1-9,11H,10H2,(H,23,25). The van der Waals surface area contributed by atoms with Crippen molar-refractivity contribution in [3.05, 3.63) is 71.2 Å². The Morgan fingerprint density at radius 1 is 1.04 bits per heavy atom. The largest absolute Gasteiger partial charge is 0.451 e. The van der Waals surface area contributed by atoms with E-state index < -0.39 is 35.9 Å². The van der Waals surface area contributed by atoms with Crippen LogP contribution in [0.1, 0.15) is 16.1 Å². The Kier molecular flexibility index (Phi) is 5.74.